The molecule has 0 aromatic rings. The van der Waals surface area contributed by atoms with E-state index in [9.17, 15) is 13.2 Å². The average molecular weight is 217 g/mol. The van der Waals surface area contributed by atoms with E-state index in [0.29, 0.717) is 0 Å². The molecule has 1 unspecified atom stereocenters. The van der Waals surface area contributed by atoms with E-state index in [0.717, 1.165) is 6.08 Å². The zero-order chi connectivity index (χ0) is 9.78. The third-order valence-electron chi connectivity index (χ3n) is 1.22. The van der Waals surface area contributed by atoms with Crippen molar-refractivity contribution in [1.82, 2.24) is 5.32 Å². The van der Waals surface area contributed by atoms with Crippen LogP contribution in [-0.2, 0) is 14.9 Å². The Morgan fingerprint density at radius 2 is 2.15 bits per heavy atom. The Balaban J connectivity index is 0. The van der Waals surface area contributed by atoms with Gasteiger partial charge in [-0.05, 0) is 12.5 Å². The molecule has 5 nitrogen and oxygen atoms in total. The molecule has 1 amide bonds. The molecule has 0 rings (SSSR count). The van der Waals surface area contributed by atoms with Crippen molar-refractivity contribution in [3.05, 3.63) is 12.7 Å². The van der Waals surface area contributed by atoms with E-state index in [1.54, 1.807) is 0 Å². The fourth-order valence-electron chi connectivity index (χ4n) is 0.605. The number of rotatable bonds is 4. The zero-order valence-electron chi connectivity index (χ0n) is 6.65. The first-order chi connectivity index (χ1) is 5.41. The molecule has 0 heterocycles. The van der Waals surface area contributed by atoms with Crippen LogP contribution in [0.4, 0.5) is 0 Å². The van der Waals surface area contributed by atoms with Gasteiger partial charge in [0.25, 0.3) is 10.1 Å². The number of nitrogens with one attached hydrogen (secondary N) is 1. The summed E-state index contributed by atoms with van der Waals surface area (Å²) in [5, 5.41) is 0.814. The van der Waals surface area contributed by atoms with Gasteiger partial charge in [0.15, 0.2) is 5.37 Å². The number of carbonyl (C=O) groups excluding carboxylic acids is 1. The molecule has 0 aliphatic carbocycles. The van der Waals surface area contributed by atoms with Gasteiger partial charge in [-0.25, -0.2) is 0 Å². The molecule has 0 aliphatic rings. The second-order valence-electron chi connectivity index (χ2n) is 2.12. The Morgan fingerprint density at radius 3 is 2.38 bits per heavy atom. The molecular formula is C6H12NNaO4S. The summed E-state index contributed by atoms with van der Waals surface area (Å²) in [4.78, 5) is 10.6. The fourth-order valence-corrected chi connectivity index (χ4v) is 1.29. The molecule has 0 radical (unpaired) electrons. The van der Waals surface area contributed by atoms with Crippen molar-refractivity contribution in [3.63, 3.8) is 0 Å². The Bertz CT molecular complexity index is 274. The summed E-state index contributed by atoms with van der Waals surface area (Å²) in [6, 6.07) is 0. The summed E-state index contributed by atoms with van der Waals surface area (Å²) >= 11 is 0. The second-order valence-corrected chi connectivity index (χ2v) is 3.72. The van der Waals surface area contributed by atoms with Gasteiger partial charge in [0, 0.05) is 0 Å². The van der Waals surface area contributed by atoms with E-state index in [4.69, 9.17) is 4.55 Å². The van der Waals surface area contributed by atoms with Gasteiger partial charge < -0.3 is 5.32 Å². The van der Waals surface area contributed by atoms with Crippen molar-refractivity contribution in [2.24, 2.45) is 0 Å². The van der Waals surface area contributed by atoms with Crippen LogP contribution in [0.3, 0.4) is 0 Å². The quantitative estimate of drug-likeness (QED) is 0.369. The van der Waals surface area contributed by atoms with Crippen LogP contribution in [0.1, 0.15) is 13.3 Å². The minimum atomic E-state index is -4.20. The number of hydrogen-bond donors (Lipinski definition) is 2. The minimum absolute atomic E-state index is 0. The number of carbonyl (C=O) groups is 1. The Labute approximate surface area is 99.6 Å². The van der Waals surface area contributed by atoms with Gasteiger partial charge in [0.2, 0.25) is 5.91 Å². The summed E-state index contributed by atoms with van der Waals surface area (Å²) in [6.07, 6.45) is 1.05. The summed E-state index contributed by atoms with van der Waals surface area (Å²) in [7, 11) is -4.20. The Morgan fingerprint density at radius 1 is 1.69 bits per heavy atom. The van der Waals surface area contributed by atoms with Crippen molar-refractivity contribution in [2.75, 3.05) is 0 Å². The molecule has 2 N–H and O–H groups in total. The summed E-state index contributed by atoms with van der Waals surface area (Å²) in [6.45, 7) is 4.67. The second kappa shape index (κ2) is 6.56. The van der Waals surface area contributed by atoms with Crippen LogP contribution in [0, 0.1) is 0 Å². The zero-order valence-corrected chi connectivity index (χ0v) is 7.47. The molecule has 72 valence electrons. The van der Waals surface area contributed by atoms with Crippen molar-refractivity contribution in [3.8, 4) is 0 Å². The van der Waals surface area contributed by atoms with Gasteiger partial charge in [-0.1, -0.05) is 13.5 Å². The van der Waals surface area contributed by atoms with Crippen LogP contribution in [0.25, 0.3) is 0 Å². The summed E-state index contributed by atoms with van der Waals surface area (Å²) < 4.78 is 29.6. The Hall–Kier alpha value is 0.120. The number of hydrogen-bond acceptors (Lipinski definition) is 3. The first kappa shape index (κ1) is 15.6. The Kier molecular flexibility index (Phi) is 7.86. The molecule has 0 aliphatic heterocycles. The van der Waals surface area contributed by atoms with Gasteiger partial charge in [0.05, 0.1) is 0 Å². The number of amides is 1. The molecule has 0 fully saturated rings. The van der Waals surface area contributed by atoms with E-state index in [-0.39, 0.29) is 36.0 Å². The van der Waals surface area contributed by atoms with Crippen molar-refractivity contribution in [1.29, 1.82) is 0 Å². The van der Waals surface area contributed by atoms with Crippen LogP contribution >= 0.6 is 0 Å². The van der Waals surface area contributed by atoms with E-state index in [2.05, 4.69) is 11.9 Å². The molecule has 0 bridgehead atoms. The molecular weight excluding hydrogens is 205 g/mol. The molecule has 0 aromatic carbocycles. The fraction of sp³-hybridized carbons (Fsp3) is 0.500. The maximum atomic E-state index is 10.6. The molecule has 13 heavy (non-hydrogen) atoms. The van der Waals surface area contributed by atoms with Crippen LogP contribution in [0.5, 0.6) is 0 Å². The SMILES string of the molecule is C=CC(=O)NC(CC)S(=O)(=O)O.[NaH]. The first-order valence-electron chi connectivity index (χ1n) is 3.31. The molecule has 1 atom stereocenters. The first-order valence-corrected chi connectivity index (χ1v) is 4.81. The summed E-state index contributed by atoms with van der Waals surface area (Å²) in [5.74, 6) is -0.625. The van der Waals surface area contributed by atoms with E-state index in [1.807, 2.05) is 0 Å². The van der Waals surface area contributed by atoms with E-state index < -0.39 is 21.4 Å². The molecule has 0 saturated heterocycles. The van der Waals surface area contributed by atoms with Crippen LogP contribution in [-0.4, -0.2) is 53.8 Å². The van der Waals surface area contributed by atoms with E-state index >= 15 is 0 Å². The predicted molar refractivity (Wildman–Crippen MR) is 51.1 cm³/mol. The van der Waals surface area contributed by atoms with Crippen molar-refractivity contribution < 1.29 is 17.8 Å². The third-order valence-corrected chi connectivity index (χ3v) is 2.39. The molecule has 0 aromatic heterocycles. The van der Waals surface area contributed by atoms with Gasteiger partial charge >= 0.3 is 29.6 Å². The monoisotopic (exact) mass is 217 g/mol. The van der Waals surface area contributed by atoms with Crippen LogP contribution in [0.15, 0.2) is 12.7 Å². The summed E-state index contributed by atoms with van der Waals surface area (Å²) in [5.41, 5.74) is 0. The normalized spacial score (nSPS) is 12.5. The predicted octanol–water partition coefficient (Wildman–Crippen LogP) is -0.736. The maximum absolute atomic E-state index is 10.6. The molecule has 7 heteroatoms. The van der Waals surface area contributed by atoms with Gasteiger partial charge in [-0.3, -0.25) is 9.35 Å². The van der Waals surface area contributed by atoms with Crippen LogP contribution < -0.4 is 5.32 Å². The average Bonchev–Trinajstić information content (AvgIpc) is 1.97. The van der Waals surface area contributed by atoms with E-state index in [1.165, 1.54) is 6.92 Å². The standard InChI is InChI=1S/C6H11NO4S.Na.H/c1-3-5(8)7-6(4-2)12(9,10)11;;/h3,6H,1,4H2,2H3,(H,7,8)(H,9,10,11);;. The topological polar surface area (TPSA) is 83.5 Å². The van der Waals surface area contributed by atoms with Gasteiger partial charge in [-0.2, -0.15) is 8.42 Å². The molecule has 0 saturated carbocycles. The molecule has 0 spiro atoms. The van der Waals surface area contributed by atoms with Crippen molar-refractivity contribution in [2.45, 2.75) is 18.7 Å². The van der Waals surface area contributed by atoms with Gasteiger partial charge in [-0.15, -0.1) is 0 Å². The third kappa shape index (κ3) is 6.23. The van der Waals surface area contributed by atoms with Gasteiger partial charge in [0.1, 0.15) is 0 Å². The van der Waals surface area contributed by atoms with Crippen LogP contribution in [0.2, 0.25) is 0 Å². The van der Waals surface area contributed by atoms with Crippen molar-refractivity contribution >= 4 is 45.6 Å².